The fourth-order valence-corrected chi connectivity index (χ4v) is 5.87. The van der Waals surface area contributed by atoms with Gasteiger partial charge in [-0.2, -0.15) is 0 Å². The van der Waals surface area contributed by atoms with Gasteiger partial charge in [-0.25, -0.2) is 0 Å². The molecule has 12 heteroatoms. The van der Waals surface area contributed by atoms with Crippen molar-refractivity contribution in [1.29, 1.82) is 0 Å². The van der Waals surface area contributed by atoms with Crippen LogP contribution in [-0.4, -0.2) is 43.7 Å². The summed E-state index contributed by atoms with van der Waals surface area (Å²) in [5.41, 5.74) is 2.65. The molecule has 0 radical (unpaired) electrons. The van der Waals surface area contributed by atoms with Gasteiger partial charge in [0.15, 0.2) is 8.68 Å². The summed E-state index contributed by atoms with van der Waals surface area (Å²) in [5, 5.41) is 22.3. The maximum absolute atomic E-state index is 12.5. The molecule has 2 aromatic heterocycles. The highest BCUT2D eigenvalue weighted by atomic mass is 32.2. The summed E-state index contributed by atoms with van der Waals surface area (Å²) < 4.78 is 1.40. The smallest absolute Gasteiger partial charge is 0.257 e. The summed E-state index contributed by atoms with van der Waals surface area (Å²) in [5.74, 6) is 0.577. The van der Waals surface area contributed by atoms with Crippen LogP contribution in [0.5, 0.6) is 0 Å². The molecule has 0 fully saturated rings. The van der Waals surface area contributed by atoms with Crippen molar-refractivity contribution in [2.24, 2.45) is 0 Å². The zero-order valence-corrected chi connectivity index (χ0v) is 20.6. The highest BCUT2D eigenvalue weighted by molar-refractivity contribution is 8.01. The molecule has 0 spiro atoms. The van der Waals surface area contributed by atoms with Crippen LogP contribution in [0.3, 0.4) is 0 Å². The molecule has 2 amide bonds. The third-order valence-corrected chi connectivity index (χ3v) is 7.95. The first-order valence-electron chi connectivity index (χ1n) is 9.80. The number of amides is 2. The second-order valence-electron chi connectivity index (χ2n) is 6.41. The number of hydrogen-bond acceptors (Lipinski definition) is 10. The molecule has 0 aliphatic rings. The van der Waals surface area contributed by atoms with Gasteiger partial charge in [-0.1, -0.05) is 95.6 Å². The Morgan fingerprint density at radius 1 is 0.788 bits per heavy atom. The first-order chi connectivity index (χ1) is 16.1. The van der Waals surface area contributed by atoms with Crippen molar-refractivity contribution in [3.8, 4) is 11.1 Å². The standard InChI is InChI=1S/C21H18N6O2S4/c1-2-30-20-26-24-18(32-20)22-16(28)12-31-21-27-25-19(33-21)23-17(29)15-10-8-14(9-11-15)13-6-4-3-5-7-13/h3-11H,2,12H2,1H3,(H,22,24,28)(H,23,25,29). The normalized spacial score (nSPS) is 10.7. The zero-order chi connectivity index (χ0) is 23.0. The molecule has 0 atom stereocenters. The van der Waals surface area contributed by atoms with E-state index in [1.165, 1.54) is 34.4 Å². The predicted molar refractivity (Wildman–Crippen MR) is 135 cm³/mol. The van der Waals surface area contributed by atoms with Gasteiger partial charge in [0.05, 0.1) is 5.75 Å². The molecule has 0 unspecified atom stereocenters. The van der Waals surface area contributed by atoms with Crippen LogP contribution >= 0.6 is 46.2 Å². The summed E-state index contributed by atoms with van der Waals surface area (Å²) in [7, 11) is 0. The second-order valence-corrected chi connectivity index (χ2v) is 11.1. The molecule has 2 heterocycles. The molecule has 0 saturated heterocycles. The summed E-state index contributed by atoms with van der Waals surface area (Å²) in [6.07, 6.45) is 0. The van der Waals surface area contributed by atoms with Gasteiger partial charge in [-0.3, -0.25) is 20.2 Å². The average molecular weight is 515 g/mol. The van der Waals surface area contributed by atoms with E-state index < -0.39 is 0 Å². The molecule has 8 nitrogen and oxygen atoms in total. The zero-order valence-electron chi connectivity index (χ0n) is 17.3. The number of carbonyl (C=O) groups is 2. The minimum Gasteiger partial charge on any atom is -0.300 e. The molecule has 0 bridgehead atoms. The first kappa shape index (κ1) is 23.4. The maximum Gasteiger partial charge on any atom is 0.257 e. The lowest BCUT2D eigenvalue weighted by Crippen LogP contribution is -2.13. The Labute approximate surface area is 206 Å². The van der Waals surface area contributed by atoms with Crippen molar-refractivity contribution < 1.29 is 9.59 Å². The SMILES string of the molecule is CCSc1nnc(NC(=O)CSc2nnc(NC(=O)c3ccc(-c4ccccc4)cc3)s2)s1. The van der Waals surface area contributed by atoms with E-state index in [9.17, 15) is 9.59 Å². The fourth-order valence-electron chi connectivity index (χ4n) is 2.66. The largest absolute Gasteiger partial charge is 0.300 e. The van der Waals surface area contributed by atoms with Crippen LogP contribution in [0.25, 0.3) is 11.1 Å². The van der Waals surface area contributed by atoms with E-state index in [2.05, 4.69) is 31.0 Å². The van der Waals surface area contributed by atoms with E-state index in [0.29, 0.717) is 20.2 Å². The van der Waals surface area contributed by atoms with Crippen molar-refractivity contribution in [1.82, 2.24) is 20.4 Å². The summed E-state index contributed by atoms with van der Waals surface area (Å²) in [4.78, 5) is 24.7. The average Bonchev–Trinajstić information content (AvgIpc) is 3.48. The van der Waals surface area contributed by atoms with Gasteiger partial charge in [-0.05, 0) is 29.0 Å². The lowest BCUT2D eigenvalue weighted by Gasteiger charge is -2.04. The van der Waals surface area contributed by atoms with E-state index in [4.69, 9.17) is 0 Å². The molecule has 2 N–H and O–H groups in total. The van der Waals surface area contributed by atoms with Crippen LogP contribution in [0.15, 0.2) is 63.3 Å². The number of thioether (sulfide) groups is 2. The molecule has 168 valence electrons. The van der Waals surface area contributed by atoms with Crippen LogP contribution in [0.2, 0.25) is 0 Å². The van der Waals surface area contributed by atoms with Crippen LogP contribution < -0.4 is 10.6 Å². The molecule has 4 rings (SSSR count). The molecule has 33 heavy (non-hydrogen) atoms. The number of hydrogen-bond donors (Lipinski definition) is 2. The van der Waals surface area contributed by atoms with Crippen LogP contribution in [0.4, 0.5) is 10.3 Å². The van der Waals surface area contributed by atoms with Gasteiger partial charge in [0.1, 0.15) is 0 Å². The van der Waals surface area contributed by atoms with Gasteiger partial charge >= 0.3 is 0 Å². The number of nitrogens with one attached hydrogen (secondary N) is 2. The molecule has 0 aliphatic heterocycles. The van der Waals surface area contributed by atoms with Crippen LogP contribution in [0.1, 0.15) is 17.3 Å². The van der Waals surface area contributed by atoms with Crippen LogP contribution in [0, 0.1) is 0 Å². The van der Waals surface area contributed by atoms with Gasteiger partial charge in [-0.15, -0.1) is 20.4 Å². The number of aromatic nitrogens is 4. The Bertz CT molecular complexity index is 1230. The van der Waals surface area contributed by atoms with Gasteiger partial charge in [0, 0.05) is 5.56 Å². The Morgan fingerprint density at radius 3 is 2.06 bits per heavy atom. The number of carbonyl (C=O) groups excluding carboxylic acids is 2. The minimum absolute atomic E-state index is 0.152. The number of nitrogens with zero attached hydrogens (tertiary/aromatic N) is 4. The predicted octanol–water partition coefficient (Wildman–Crippen LogP) is 5.15. The molecule has 2 aromatic carbocycles. The molecular formula is C21H18N6O2S4. The van der Waals surface area contributed by atoms with Crippen molar-refractivity contribution in [3.63, 3.8) is 0 Å². The van der Waals surface area contributed by atoms with Crippen molar-refractivity contribution >= 4 is 68.3 Å². The third kappa shape index (κ3) is 6.60. The highest BCUT2D eigenvalue weighted by Crippen LogP contribution is 2.28. The molecule has 0 aliphatic carbocycles. The van der Waals surface area contributed by atoms with Crippen LogP contribution in [-0.2, 0) is 4.79 Å². The maximum atomic E-state index is 12.5. The van der Waals surface area contributed by atoms with E-state index in [0.717, 1.165) is 21.2 Å². The van der Waals surface area contributed by atoms with Gasteiger partial charge in [0.2, 0.25) is 16.2 Å². The van der Waals surface area contributed by atoms with E-state index in [1.807, 2.05) is 49.4 Å². The molecular weight excluding hydrogens is 497 g/mol. The van der Waals surface area contributed by atoms with E-state index in [-0.39, 0.29) is 17.6 Å². The fraction of sp³-hybridized carbons (Fsp3) is 0.143. The molecule has 0 saturated carbocycles. The lowest BCUT2D eigenvalue weighted by molar-refractivity contribution is -0.113. The van der Waals surface area contributed by atoms with E-state index in [1.54, 1.807) is 23.9 Å². The lowest BCUT2D eigenvalue weighted by atomic mass is 10.0. The summed E-state index contributed by atoms with van der Waals surface area (Å²) in [6.45, 7) is 2.03. The Hall–Kier alpha value is -2.80. The number of rotatable bonds is 9. The topological polar surface area (TPSA) is 110 Å². The quantitative estimate of drug-likeness (QED) is 0.233. The second kappa shape index (κ2) is 11.4. The Kier molecular flexibility index (Phi) is 8.05. The van der Waals surface area contributed by atoms with E-state index >= 15 is 0 Å². The first-order valence-corrected chi connectivity index (χ1v) is 13.4. The summed E-state index contributed by atoms with van der Waals surface area (Å²) >= 11 is 5.37. The van der Waals surface area contributed by atoms with Gasteiger partial charge in [0.25, 0.3) is 5.91 Å². The third-order valence-electron chi connectivity index (χ3n) is 4.13. The number of benzene rings is 2. The molecule has 4 aromatic rings. The number of anilines is 2. The Morgan fingerprint density at radius 2 is 1.39 bits per heavy atom. The Balaban J connectivity index is 1.27. The summed E-state index contributed by atoms with van der Waals surface area (Å²) in [6, 6.07) is 17.3. The van der Waals surface area contributed by atoms with Crippen molar-refractivity contribution in [3.05, 3.63) is 60.2 Å². The monoisotopic (exact) mass is 514 g/mol. The van der Waals surface area contributed by atoms with Gasteiger partial charge < -0.3 is 0 Å². The highest BCUT2D eigenvalue weighted by Gasteiger charge is 2.13. The minimum atomic E-state index is -0.267. The van der Waals surface area contributed by atoms with Crippen molar-refractivity contribution in [2.75, 3.05) is 22.1 Å². The van der Waals surface area contributed by atoms with Crippen molar-refractivity contribution in [2.45, 2.75) is 15.6 Å².